The van der Waals surface area contributed by atoms with Gasteiger partial charge in [-0.2, -0.15) is 0 Å². The van der Waals surface area contributed by atoms with Crippen LogP contribution in [0.25, 0.3) is 22.0 Å². The maximum absolute atomic E-state index is 6.13. The first-order valence-electron chi connectivity index (χ1n) is 5.17. The highest BCUT2D eigenvalue weighted by molar-refractivity contribution is 6.35. The van der Waals surface area contributed by atoms with E-state index < -0.39 is 0 Å². The number of fused-ring (bicyclic) bond motifs is 1. The molecule has 2 aromatic carbocycles. The highest BCUT2D eigenvalue weighted by Gasteiger charge is 2.07. The third-order valence-corrected chi connectivity index (χ3v) is 3.06. The van der Waals surface area contributed by atoms with Crippen LogP contribution in [0.5, 0.6) is 0 Å². The lowest BCUT2D eigenvalue weighted by Crippen LogP contribution is -1.74. The van der Waals surface area contributed by atoms with E-state index in [0.29, 0.717) is 0 Å². The Kier molecular flexibility index (Phi) is 2.19. The second-order valence-electron chi connectivity index (χ2n) is 3.73. The third-order valence-electron chi connectivity index (χ3n) is 2.75. The lowest BCUT2D eigenvalue weighted by atomic mass is 10.1. The molecule has 1 N–H and O–H groups in total. The van der Waals surface area contributed by atoms with Crippen LogP contribution in [0, 0.1) is 0 Å². The summed E-state index contributed by atoms with van der Waals surface area (Å²) in [7, 11) is 0. The summed E-state index contributed by atoms with van der Waals surface area (Å²) in [5.41, 5.74) is 3.40. The molecule has 3 rings (SSSR count). The minimum atomic E-state index is 0.764. The van der Waals surface area contributed by atoms with Gasteiger partial charge in [0.15, 0.2) is 0 Å². The first-order valence-corrected chi connectivity index (χ1v) is 5.55. The molecular formula is C14H10ClN. The van der Waals surface area contributed by atoms with Crippen molar-refractivity contribution in [3.8, 4) is 11.1 Å². The number of halogens is 1. The van der Waals surface area contributed by atoms with Gasteiger partial charge >= 0.3 is 0 Å². The zero-order valence-electron chi connectivity index (χ0n) is 8.57. The fourth-order valence-corrected chi connectivity index (χ4v) is 2.20. The van der Waals surface area contributed by atoms with Crippen molar-refractivity contribution in [2.75, 3.05) is 0 Å². The second kappa shape index (κ2) is 3.69. The monoisotopic (exact) mass is 227 g/mol. The number of aromatic nitrogens is 1. The summed E-state index contributed by atoms with van der Waals surface area (Å²) in [5, 5.41) is 1.93. The molecule has 0 spiro atoms. The molecule has 0 amide bonds. The minimum absolute atomic E-state index is 0.764. The van der Waals surface area contributed by atoms with Crippen LogP contribution in [0.2, 0.25) is 5.02 Å². The first kappa shape index (κ1) is 9.49. The fraction of sp³-hybridized carbons (Fsp3) is 0. The van der Waals surface area contributed by atoms with Gasteiger partial charge in [-0.05, 0) is 11.6 Å². The van der Waals surface area contributed by atoms with Crippen molar-refractivity contribution in [1.82, 2.24) is 4.98 Å². The van der Waals surface area contributed by atoms with Crippen molar-refractivity contribution in [1.29, 1.82) is 0 Å². The van der Waals surface area contributed by atoms with Crippen LogP contribution in [-0.2, 0) is 0 Å². The number of H-pyrrole nitrogens is 1. The molecule has 1 nitrogen and oxygen atoms in total. The Morgan fingerprint density at radius 1 is 0.875 bits per heavy atom. The Morgan fingerprint density at radius 2 is 1.69 bits per heavy atom. The van der Waals surface area contributed by atoms with Crippen molar-refractivity contribution < 1.29 is 0 Å². The molecule has 0 bridgehead atoms. The van der Waals surface area contributed by atoms with Gasteiger partial charge in [-0.15, -0.1) is 0 Å². The van der Waals surface area contributed by atoms with Crippen LogP contribution < -0.4 is 0 Å². The number of aromatic amines is 1. The average molecular weight is 228 g/mol. The summed E-state index contributed by atoms with van der Waals surface area (Å²) in [4.78, 5) is 3.22. The molecule has 3 aromatic rings. The lowest BCUT2D eigenvalue weighted by molar-refractivity contribution is 1.47. The third kappa shape index (κ3) is 1.41. The zero-order valence-corrected chi connectivity index (χ0v) is 9.33. The highest BCUT2D eigenvalue weighted by Crippen LogP contribution is 2.31. The quantitative estimate of drug-likeness (QED) is 0.631. The fourth-order valence-electron chi connectivity index (χ4n) is 1.97. The summed E-state index contributed by atoms with van der Waals surface area (Å²) in [6, 6.07) is 16.3. The molecule has 0 radical (unpaired) electrons. The van der Waals surface area contributed by atoms with Gasteiger partial charge in [0, 0.05) is 17.1 Å². The highest BCUT2D eigenvalue weighted by atomic mass is 35.5. The average Bonchev–Trinajstić information content (AvgIpc) is 2.75. The Hall–Kier alpha value is -1.73. The van der Waals surface area contributed by atoms with Gasteiger partial charge in [-0.25, -0.2) is 0 Å². The van der Waals surface area contributed by atoms with Gasteiger partial charge in [0.2, 0.25) is 0 Å². The van der Waals surface area contributed by atoms with Crippen LogP contribution in [0.4, 0.5) is 0 Å². The van der Waals surface area contributed by atoms with Crippen LogP contribution in [0.3, 0.4) is 0 Å². The van der Waals surface area contributed by atoms with Gasteiger partial charge in [-0.1, -0.05) is 54.1 Å². The molecule has 0 atom stereocenters. The molecule has 0 aliphatic carbocycles. The molecule has 1 aromatic heterocycles. The van der Waals surface area contributed by atoms with E-state index in [-0.39, 0.29) is 0 Å². The predicted octanol–water partition coefficient (Wildman–Crippen LogP) is 4.49. The van der Waals surface area contributed by atoms with E-state index in [1.165, 1.54) is 16.5 Å². The van der Waals surface area contributed by atoms with Crippen molar-refractivity contribution in [2.24, 2.45) is 0 Å². The van der Waals surface area contributed by atoms with Gasteiger partial charge in [0.05, 0.1) is 10.5 Å². The van der Waals surface area contributed by atoms with E-state index >= 15 is 0 Å². The Labute approximate surface area is 98.7 Å². The van der Waals surface area contributed by atoms with E-state index in [2.05, 4.69) is 23.2 Å². The molecule has 0 unspecified atom stereocenters. The normalized spacial score (nSPS) is 10.8. The van der Waals surface area contributed by atoms with E-state index in [9.17, 15) is 0 Å². The standard InChI is InChI=1S/C14H10ClN/c15-13-8-4-7-11-12(9-16-14(11)13)10-5-2-1-3-6-10/h1-9,16H. The number of hydrogen-bond donors (Lipinski definition) is 1. The van der Waals surface area contributed by atoms with Crippen molar-refractivity contribution in [2.45, 2.75) is 0 Å². The van der Waals surface area contributed by atoms with Gasteiger partial charge < -0.3 is 4.98 Å². The molecule has 1 heterocycles. The Morgan fingerprint density at radius 3 is 2.50 bits per heavy atom. The van der Waals surface area contributed by atoms with Crippen LogP contribution in [0.15, 0.2) is 54.7 Å². The second-order valence-corrected chi connectivity index (χ2v) is 4.14. The molecule has 16 heavy (non-hydrogen) atoms. The van der Waals surface area contributed by atoms with Crippen molar-refractivity contribution in [3.05, 3.63) is 59.8 Å². The number of benzene rings is 2. The Bertz CT molecular complexity index is 626. The van der Waals surface area contributed by atoms with Crippen LogP contribution >= 0.6 is 11.6 Å². The van der Waals surface area contributed by atoms with Crippen LogP contribution in [-0.4, -0.2) is 4.98 Å². The van der Waals surface area contributed by atoms with E-state index in [1.54, 1.807) is 0 Å². The molecule has 0 fully saturated rings. The van der Waals surface area contributed by atoms with Crippen molar-refractivity contribution >= 4 is 22.5 Å². The van der Waals surface area contributed by atoms with E-state index in [4.69, 9.17) is 11.6 Å². The van der Waals surface area contributed by atoms with Gasteiger partial charge in [0.1, 0.15) is 0 Å². The van der Waals surface area contributed by atoms with E-state index in [0.717, 1.165) is 10.5 Å². The zero-order chi connectivity index (χ0) is 11.0. The smallest absolute Gasteiger partial charge is 0.0649 e. The molecule has 0 saturated carbocycles. The SMILES string of the molecule is Clc1cccc2c(-c3ccccc3)c[nH]c12. The topological polar surface area (TPSA) is 15.8 Å². The lowest BCUT2D eigenvalue weighted by Gasteiger charge is -1.99. The van der Waals surface area contributed by atoms with Gasteiger partial charge in [-0.3, -0.25) is 0 Å². The van der Waals surface area contributed by atoms with E-state index in [1.807, 2.05) is 36.5 Å². The first-order chi connectivity index (χ1) is 7.86. The van der Waals surface area contributed by atoms with Crippen LogP contribution in [0.1, 0.15) is 0 Å². The molecule has 2 heteroatoms. The maximum atomic E-state index is 6.13. The molecule has 0 aliphatic rings. The summed E-state index contributed by atoms with van der Waals surface area (Å²) in [6.45, 7) is 0. The molecule has 0 saturated heterocycles. The maximum Gasteiger partial charge on any atom is 0.0649 e. The predicted molar refractivity (Wildman–Crippen MR) is 68.7 cm³/mol. The Balaban J connectivity index is 2.30. The largest absolute Gasteiger partial charge is 0.359 e. The van der Waals surface area contributed by atoms with Gasteiger partial charge in [0.25, 0.3) is 0 Å². The number of nitrogens with one attached hydrogen (secondary N) is 1. The summed E-state index contributed by atoms with van der Waals surface area (Å²) >= 11 is 6.13. The van der Waals surface area contributed by atoms with Crippen molar-refractivity contribution in [3.63, 3.8) is 0 Å². The summed E-state index contributed by atoms with van der Waals surface area (Å²) in [6.07, 6.45) is 2.01. The minimum Gasteiger partial charge on any atom is -0.359 e. The number of para-hydroxylation sites is 1. The number of rotatable bonds is 1. The number of hydrogen-bond acceptors (Lipinski definition) is 0. The molecule has 78 valence electrons. The summed E-state index contributed by atoms with van der Waals surface area (Å²) in [5.74, 6) is 0. The molecule has 0 aliphatic heterocycles. The summed E-state index contributed by atoms with van der Waals surface area (Å²) < 4.78 is 0. The molecular weight excluding hydrogens is 218 g/mol.